The summed E-state index contributed by atoms with van der Waals surface area (Å²) in [6.07, 6.45) is 10.5. The minimum Gasteiger partial charge on any atom is -0.353 e. The maximum Gasteiger partial charge on any atom is 0.220 e. The van der Waals surface area contributed by atoms with Crippen LogP contribution in [0.5, 0.6) is 0 Å². The Kier molecular flexibility index (Phi) is 4.66. The Morgan fingerprint density at radius 2 is 1.94 bits per heavy atom. The van der Waals surface area contributed by atoms with Gasteiger partial charge < -0.3 is 11.1 Å². The van der Waals surface area contributed by atoms with Gasteiger partial charge in [-0.15, -0.1) is 0 Å². The molecule has 0 bridgehead atoms. The van der Waals surface area contributed by atoms with Crippen LogP contribution < -0.4 is 11.1 Å². The van der Waals surface area contributed by atoms with Gasteiger partial charge in [-0.25, -0.2) is 0 Å². The Hall–Kier alpha value is -0.570. The molecule has 2 aliphatic carbocycles. The number of hydrogen-bond donors (Lipinski definition) is 2. The van der Waals surface area contributed by atoms with Crippen molar-refractivity contribution in [2.24, 2.45) is 17.1 Å². The summed E-state index contributed by atoms with van der Waals surface area (Å²) in [5.41, 5.74) is 5.96. The molecule has 0 spiro atoms. The van der Waals surface area contributed by atoms with Crippen molar-refractivity contribution in [1.29, 1.82) is 0 Å². The van der Waals surface area contributed by atoms with Gasteiger partial charge in [0, 0.05) is 12.5 Å². The Labute approximate surface area is 111 Å². The molecule has 0 aromatic heterocycles. The first kappa shape index (κ1) is 13.9. The van der Waals surface area contributed by atoms with E-state index in [0.717, 1.165) is 19.3 Å². The van der Waals surface area contributed by atoms with Gasteiger partial charge in [-0.2, -0.15) is 0 Å². The molecule has 104 valence electrons. The molecule has 0 aromatic carbocycles. The molecule has 2 unspecified atom stereocenters. The molecule has 18 heavy (non-hydrogen) atoms. The van der Waals surface area contributed by atoms with Crippen LogP contribution in [-0.4, -0.2) is 18.5 Å². The van der Waals surface area contributed by atoms with E-state index in [-0.39, 0.29) is 11.3 Å². The fourth-order valence-electron chi connectivity index (χ4n) is 3.44. The van der Waals surface area contributed by atoms with Gasteiger partial charge in [0.05, 0.1) is 0 Å². The first-order chi connectivity index (χ1) is 8.65. The lowest BCUT2D eigenvalue weighted by Crippen LogP contribution is -2.45. The highest BCUT2D eigenvalue weighted by atomic mass is 16.1. The maximum atomic E-state index is 12.2. The maximum absolute atomic E-state index is 12.2. The highest BCUT2D eigenvalue weighted by molar-refractivity contribution is 5.77. The number of nitrogens with one attached hydrogen (secondary N) is 1. The smallest absolute Gasteiger partial charge is 0.220 e. The lowest BCUT2D eigenvalue weighted by Gasteiger charge is -2.40. The van der Waals surface area contributed by atoms with E-state index in [1.807, 2.05) is 0 Å². The van der Waals surface area contributed by atoms with Gasteiger partial charge in [-0.3, -0.25) is 4.79 Å². The molecule has 0 saturated heterocycles. The van der Waals surface area contributed by atoms with E-state index in [1.165, 1.54) is 32.1 Å². The van der Waals surface area contributed by atoms with E-state index in [9.17, 15) is 4.79 Å². The SMILES string of the molecule is CC1CCCCCC1NC(=O)CC1(CN)CCC1. The Balaban J connectivity index is 1.82. The summed E-state index contributed by atoms with van der Waals surface area (Å²) in [5.74, 6) is 0.866. The summed E-state index contributed by atoms with van der Waals surface area (Å²) in [6, 6.07) is 0.398. The molecule has 2 saturated carbocycles. The summed E-state index contributed by atoms with van der Waals surface area (Å²) < 4.78 is 0. The predicted octanol–water partition coefficient (Wildman–Crippen LogP) is 2.59. The van der Waals surface area contributed by atoms with Gasteiger partial charge in [0.2, 0.25) is 5.91 Å². The second kappa shape index (κ2) is 6.05. The van der Waals surface area contributed by atoms with Crippen molar-refractivity contribution < 1.29 is 4.79 Å². The fraction of sp³-hybridized carbons (Fsp3) is 0.933. The normalized spacial score (nSPS) is 31.2. The zero-order valence-corrected chi connectivity index (χ0v) is 11.7. The van der Waals surface area contributed by atoms with Gasteiger partial charge in [0.15, 0.2) is 0 Å². The number of nitrogens with two attached hydrogens (primary N) is 1. The number of carbonyl (C=O) groups excluding carboxylic acids is 1. The summed E-state index contributed by atoms with van der Waals surface area (Å²) in [4.78, 5) is 12.2. The summed E-state index contributed by atoms with van der Waals surface area (Å²) >= 11 is 0. The molecule has 3 nitrogen and oxygen atoms in total. The van der Waals surface area contributed by atoms with Gasteiger partial charge in [0.25, 0.3) is 0 Å². The van der Waals surface area contributed by atoms with E-state index in [1.54, 1.807) is 0 Å². The van der Waals surface area contributed by atoms with Crippen LogP contribution in [0, 0.1) is 11.3 Å². The van der Waals surface area contributed by atoms with Crippen LogP contribution in [0.1, 0.15) is 64.7 Å². The molecule has 0 radical (unpaired) electrons. The molecule has 0 aliphatic heterocycles. The summed E-state index contributed by atoms with van der Waals surface area (Å²) in [7, 11) is 0. The van der Waals surface area contributed by atoms with Gasteiger partial charge >= 0.3 is 0 Å². The molecule has 0 heterocycles. The highest BCUT2D eigenvalue weighted by Gasteiger charge is 2.38. The monoisotopic (exact) mass is 252 g/mol. The van der Waals surface area contributed by atoms with Crippen LogP contribution in [0.15, 0.2) is 0 Å². The van der Waals surface area contributed by atoms with Gasteiger partial charge in [-0.05, 0) is 43.6 Å². The quantitative estimate of drug-likeness (QED) is 0.756. The zero-order valence-electron chi connectivity index (χ0n) is 11.7. The van der Waals surface area contributed by atoms with Crippen LogP contribution in [0.2, 0.25) is 0 Å². The summed E-state index contributed by atoms with van der Waals surface area (Å²) in [6.45, 7) is 2.94. The molecule has 2 atom stereocenters. The molecule has 2 fully saturated rings. The van der Waals surface area contributed by atoms with Crippen LogP contribution in [0.25, 0.3) is 0 Å². The van der Waals surface area contributed by atoms with Crippen molar-refractivity contribution in [3.63, 3.8) is 0 Å². The van der Waals surface area contributed by atoms with Gasteiger partial charge in [0.1, 0.15) is 0 Å². The molecule has 3 heteroatoms. The molecule has 2 aliphatic rings. The van der Waals surface area contributed by atoms with Crippen molar-refractivity contribution in [2.45, 2.75) is 70.8 Å². The van der Waals surface area contributed by atoms with Crippen LogP contribution in [0.4, 0.5) is 0 Å². The van der Waals surface area contributed by atoms with Crippen molar-refractivity contribution in [3.8, 4) is 0 Å². The molecule has 1 amide bonds. The Morgan fingerprint density at radius 3 is 2.56 bits per heavy atom. The van der Waals surface area contributed by atoms with Crippen LogP contribution >= 0.6 is 0 Å². The van der Waals surface area contributed by atoms with Crippen LogP contribution in [0.3, 0.4) is 0 Å². The van der Waals surface area contributed by atoms with Gasteiger partial charge in [-0.1, -0.05) is 32.6 Å². The molecule has 2 rings (SSSR count). The molecule has 3 N–H and O–H groups in total. The topological polar surface area (TPSA) is 55.1 Å². The lowest BCUT2D eigenvalue weighted by atomic mass is 9.66. The third kappa shape index (κ3) is 3.25. The number of amides is 1. The van der Waals surface area contributed by atoms with E-state index < -0.39 is 0 Å². The largest absolute Gasteiger partial charge is 0.353 e. The van der Waals surface area contributed by atoms with E-state index >= 15 is 0 Å². The first-order valence-corrected chi connectivity index (χ1v) is 7.65. The lowest BCUT2D eigenvalue weighted by molar-refractivity contribution is -0.125. The third-order valence-corrected chi connectivity index (χ3v) is 5.09. The van der Waals surface area contributed by atoms with Crippen molar-refractivity contribution in [1.82, 2.24) is 5.32 Å². The van der Waals surface area contributed by atoms with E-state index in [0.29, 0.717) is 24.9 Å². The molecular formula is C15H28N2O. The third-order valence-electron chi connectivity index (χ3n) is 5.09. The second-order valence-electron chi connectivity index (χ2n) is 6.52. The number of hydrogen-bond acceptors (Lipinski definition) is 2. The highest BCUT2D eigenvalue weighted by Crippen LogP contribution is 2.42. The summed E-state index contributed by atoms with van der Waals surface area (Å²) in [5, 5.41) is 3.27. The average Bonchev–Trinajstić information content (AvgIpc) is 2.50. The van der Waals surface area contributed by atoms with Crippen LogP contribution in [-0.2, 0) is 4.79 Å². The number of rotatable bonds is 4. The van der Waals surface area contributed by atoms with Crippen molar-refractivity contribution >= 4 is 5.91 Å². The second-order valence-corrected chi connectivity index (χ2v) is 6.52. The standard InChI is InChI=1S/C15H28N2O/c1-12-6-3-2-4-7-13(12)17-14(18)10-15(11-16)8-5-9-15/h12-13H,2-11,16H2,1H3,(H,17,18). The average molecular weight is 252 g/mol. The minimum absolute atomic E-state index is 0.137. The van der Waals surface area contributed by atoms with Crippen molar-refractivity contribution in [2.75, 3.05) is 6.54 Å². The predicted molar refractivity (Wildman–Crippen MR) is 74.1 cm³/mol. The van der Waals surface area contributed by atoms with E-state index in [2.05, 4.69) is 12.2 Å². The first-order valence-electron chi connectivity index (χ1n) is 7.65. The van der Waals surface area contributed by atoms with E-state index in [4.69, 9.17) is 5.73 Å². The van der Waals surface area contributed by atoms with Crippen molar-refractivity contribution in [3.05, 3.63) is 0 Å². The Morgan fingerprint density at radius 1 is 1.22 bits per heavy atom. The molecular weight excluding hydrogens is 224 g/mol. The minimum atomic E-state index is 0.137. The Bertz CT molecular complexity index is 281. The number of carbonyl (C=O) groups is 1. The zero-order chi connectivity index (χ0) is 13.0. The molecule has 0 aromatic rings. The fourth-order valence-corrected chi connectivity index (χ4v) is 3.44.